The number of nitrogens with two attached hydrogens (primary N) is 1. The van der Waals surface area contributed by atoms with E-state index in [1.54, 1.807) is 35.9 Å². The SMILES string of the molecule is CC(=O)OCC(C)n1nnnc1-c1cccc(N)n1.CC(=O)OCC(C)n1nnnc1-c1cccc([N+](=O)[O-])n1. The summed E-state index contributed by atoms with van der Waals surface area (Å²) in [6.45, 7) is 6.52. The number of nitrogens with zero attached hydrogens (tertiary/aromatic N) is 11. The van der Waals surface area contributed by atoms with Gasteiger partial charge in [-0.1, -0.05) is 6.07 Å². The van der Waals surface area contributed by atoms with E-state index in [-0.39, 0.29) is 48.6 Å². The van der Waals surface area contributed by atoms with Gasteiger partial charge in [-0.3, -0.25) is 9.59 Å². The lowest BCUT2D eigenvalue weighted by molar-refractivity contribution is -0.389. The standard InChI is InChI=1S/C11H12N6O4.C11H14N6O2/c1-7(6-21-8(2)18)16-11(13-14-15-16)9-4-3-5-10(12-9)17(19)20;1-7(6-19-8(2)18)17-11(14-15-16-17)9-4-3-5-10(12)13-9/h3-5,7H,6H2,1-2H3;3-5,7H,6H2,1-2H3,(H2,12,13). The Kier molecular flexibility index (Phi) is 9.76. The number of hydrogen-bond acceptors (Lipinski definition) is 15. The number of nitrogen functional groups attached to an aromatic ring is 1. The quantitative estimate of drug-likeness (QED) is 0.174. The predicted octanol–water partition coefficient (Wildman–Crippen LogP) is 1.21. The van der Waals surface area contributed by atoms with Crippen molar-refractivity contribution >= 4 is 23.6 Å². The van der Waals surface area contributed by atoms with Crippen LogP contribution in [0.5, 0.6) is 0 Å². The lowest BCUT2D eigenvalue weighted by Gasteiger charge is -2.12. The zero-order valence-corrected chi connectivity index (χ0v) is 22.0. The van der Waals surface area contributed by atoms with Crippen molar-refractivity contribution in [1.29, 1.82) is 0 Å². The Morgan fingerprint density at radius 2 is 1.35 bits per heavy atom. The highest BCUT2D eigenvalue weighted by molar-refractivity contribution is 5.66. The highest BCUT2D eigenvalue weighted by Gasteiger charge is 2.21. The zero-order chi connectivity index (χ0) is 29.2. The fourth-order valence-electron chi connectivity index (χ4n) is 3.16. The lowest BCUT2D eigenvalue weighted by Crippen LogP contribution is -2.17. The van der Waals surface area contributed by atoms with E-state index < -0.39 is 10.9 Å². The third-order valence-corrected chi connectivity index (χ3v) is 5.03. The van der Waals surface area contributed by atoms with Gasteiger partial charge in [0.1, 0.15) is 24.7 Å². The number of carbonyl (C=O) groups is 2. The molecule has 0 aromatic carbocycles. The van der Waals surface area contributed by atoms with Crippen molar-refractivity contribution in [2.45, 2.75) is 39.8 Å². The van der Waals surface area contributed by atoms with Crippen LogP contribution in [0.15, 0.2) is 36.4 Å². The molecule has 2 N–H and O–H groups in total. The second-order valence-electron chi connectivity index (χ2n) is 8.28. The van der Waals surface area contributed by atoms with Crippen molar-refractivity contribution in [3.63, 3.8) is 0 Å². The maximum atomic E-state index is 10.8. The molecule has 40 heavy (non-hydrogen) atoms. The van der Waals surface area contributed by atoms with Crippen molar-refractivity contribution in [3.05, 3.63) is 46.5 Å². The molecule has 0 amide bonds. The number of hydrogen-bond donors (Lipinski definition) is 1. The summed E-state index contributed by atoms with van der Waals surface area (Å²) in [5, 5.41) is 33.3. The van der Waals surface area contributed by atoms with Crippen LogP contribution in [0.4, 0.5) is 11.6 Å². The van der Waals surface area contributed by atoms with Gasteiger partial charge < -0.3 is 25.3 Å². The number of rotatable bonds is 9. The van der Waals surface area contributed by atoms with E-state index in [0.717, 1.165) is 0 Å². The molecule has 0 fully saturated rings. The largest absolute Gasteiger partial charge is 0.464 e. The van der Waals surface area contributed by atoms with Crippen molar-refractivity contribution < 1.29 is 24.0 Å². The number of esters is 2. The summed E-state index contributed by atoms with van der Waals surface area (Å²) < 4.78 is 12.8. The highest BCUT2D eigenvalue weighted by atomic mass is 16.6. The zero-order valence-electron chi connectivity index (χ0n) is 22.0. The van der Waals surface area contributed by atoms with Crippen molar-refractivity contribution in [3.8, 4) is 23.0 Å². The first-order valence-electron chi connectivity index (χ1n) is 11.7. The Morgan fingerprint density at radius 3 is 1.80 bits per heavy atom. The average molecular weight is 555 g/mol. The van der Waals surface area contributed by atoms with Gasteiger partial charge in [0.2, 0.25) is 17.3 Å². The molecule has 0 saturated carbocycles. The molecule has 2 unspecified atom stereocenters. The van der Waals surface area contributed by atoms with E-state index >= 15 is 0 Å². The Hall–Kier alpha value is -5.42. The van der Waals surface area contributed by atoms with Crippen LogP contribution in [0.2, 0.25) is 0 Å². The van der Waals surface area contributed by atoms with Crippen LogP contribution >= 0.6 is 0 Å². The summed E-state index contributed by atoms with van der Waals surface area (Å²) in [6, 6.07) is 9.02. The van der Waals surface area contributed by atoms with Gasteiger partial charge in [-0.2, -0.15) is 0 Å². The van der Waals surface area contributed by atoms with E-state index in [4.69, 9.17) is 15.2 Å². The molecule has 18 nitrogen and oxygen atoms in total. The molecule has 18 heteroatoms. The topological polar surface area (TPSA) is 235 Å². The number of carbonyl (C=O) groups excluding carboxylic acids is 2. The van der Waals surface area contributed by atoms with Crippen molar-refractivity contribution in [2.75, 3.05) is 18.9 Å². The molecule has 0 saturated heterocycles. The van der Waals surface area contributed by atoms with E-state index in [1.807, 2.05) is 6.92 Å². The number of nitro groups is 1. The third-order valence-electron chi connectivity index (χ3n) is 5.03. The van der Waals surface area contributed by atoms with Crippen LogP contribution < -0.4 is 5.73 Å². The minimum atomic E-state index is -0.597. The Balaban J connectivity index is 0.000000222. The van der Waals surface area contributed by atoms with Gasteiger partial charge in [0, 0.05) is 19.9 Å². The Morgan fingerprint density at radius 1 is 0.875 bits per heavy atom. The number of aromatic nitrogens is 10. The van der Waals surface area contributed by atoms with E-state index in [0.29, 0.717) is 17.3 Å². The summed E-state index contributed by atoms with van der Waals surface area (Å²) in [5.41, 5.74) is 6.47. The van der Waals surface area contributed by atoms with Gasteiger partial charge in [0.05, 0.1) is 12.1 Å². The van der Waals surface area contributed by atoms with Crippen LogP contribution in [0.3, 0.4) is 0 Å². The van der Waals surface area contributed by atoms with Crippen molar-refractivity contribution in [2.24, 2.45) is 0 Å². The molecule has 4 aromatic heterocycles. The molecular weight excluding hydrogens is 528 g/mol. The van der Waals surface area contributed by atoms with Crippen LogP contribution in [-0.2, 0) is 19.1 Å². The van der Waals surface area contributed by atoms with Gasteiger partial charge in [-0.25, -0.2) is 14.3 Å². The molecule has 0 spiro atoms. The van der Waals surface area contributed by atoms with Gasteiger partial charge >= 0.3 is 17.8 Å². The van der Waals surface area contributed by atoms with E-state index in [1.165, 1.54) is 30.7 Å². The summed E-state index contributed by atoms with van der Waals surface area (Å²) >= 11 is 0. The van der Waals surface area contributed by atoms with Gasteiger partial charge in [-0.15, -0.1) is 10.2 Å². The minimum absolute atomic E-state index is 0.0856. The molecule has 4 aromatic rings. The summed E-state index contributed by atoms with van der Waals surface area (Å²) in [5.74, 6) is 0.0770. The number of anilines is 1. The second kappa shape index (κ2) is 13.4. The monoisotopic (exact) mass is 554 g/mol. The molecular formula is C22H26N12O6. The van der Waals surface area contributed by atoms with Crippen LogP contribution in [0.25, 0.3) is 23.0 Å². The first-order valence-corrected chi connectivity index (χ1v) is 11.7. The lowest BCUT2D eigenvalue weighted by atomic mass is 10.3. The maximum Gasteiger partial charge on any atom is 0.364 e. The fourth-order valence-corrected chi connectivity index (χ4v) is 3.16. The van der Waals surface area contributed by atoms with Crippen LogP contribution in [0, 0.1) is 10.1 Å². The summed E-state index contributed by atoms with van der Waals surface area (Å²) in [6.07, 6.45) is 0. The molecule has 4 rings (SSSR count). The van der Waals surface area contributed by atoms with Crippen LogP contribution in [-0.4, -0.2) is 80.5 Å². The van der Waals surface area contributed by atoms with E-state index in [9.17, 15) is 19.7 Å². The second-order valence-corrected chi connectivity index (χ2v) is 8.28. The number of pyridine rings is 2. The molecule has 210 valence electrons. The molecule has 4 heterocycles. The van der Waals surface area contributed by atoms with Crippen molar-refractivity contribution in [1.82, 2.24) is 50.4 Å². The van der Waals surface area contributed by atoms with Gasteiger partial charge in [0.25, 0.3) is 0 Å². The predicted molar refractivity (Wildman–Crippen MR) is 136 cm³/mol. The fraction of sp³-hybridized carbons (Fsp3) is 0.364. The van der Waals surface area contributed by atoms with Gasteiger partial charge in [0.15, 0.2) is 0 Å². The Bertz CT molecular complexity index is 1470. The highest BCUT2D eigenvalue weighted by Crippen LogP contribution is 2.20. The first kappa shape index (κ1) is 29.1. The Labute approximate surface area is 226 Å². The summed E-state index contributed by atoms with van der Waals surface area (Å²) in [7, 11) is 0. The molecule has 0 aliphatic rings. The smallest absolute Gasteiger partial charge is 0.364 e. The van der Waals surface area contributed by atoms with E-state index in [2.05, 4.69) is 41.0 Å². The first-order chi connectivity index (χ1) is 19.1. The third kappa shape index (κ3) is 7.79. The maximum absolute atomic E-state index is 10.8. The summed E-state index contributed by atoms with van der Waals surface area (Å²) in [4.78, 5) is 39.8. The average Bonchev–Trinajstić information content (AvgIpc) is 3.61. The normalized spacial score (nSPS) is 12.0. The number of tetrazole rings is 2. The molecule has 0 bridgehead atoms. The molecule has 2 atom stereocenters. The molecule has 0 radical (unpaired) electrons. The molecule has 0 aliphatic carbocycles. The minimum Gasteiger partial charge on any atom is -0.464 e. The number of ether oxygens (including phenoxy) is 2. The molecule has 0 aliphatic heterocycles. The van der Waals surface area contributed by atoms with Gasteiger partial charge in [-0.05, 0) is 68.9 Å². The van der Waals surface area contributed by atoms with Crippen LogP contribution in [0.1, 0.15) is 39.8 Å².